The highest BCUT2D eigenvalue weighted by molar-refractivity contribution is 9.11. The molecule has 5 nitrogen and oxygen atoms in total. The molecule has 1 aliphatic carbocycles. The van der Waals surface area contributed by atoms with Gasteiger partial charge in [-0.3, -0.25) is 0 Å². The molecular weight excluding hydrogens is 437 g/mol. The third-order valence-electron chi connectivity index (χ3n) is 5.17. The number of allylic oxidation sites excluding steroid dienone is 4. The number of ether oxygens (including phenoxy) is 2. The Morgan fingerprint density at radius 2 is 1.93 bits per heavy atom. The minimum atomic E-state index is -0.366. The van der Waals surface area contributed by atoms with Crippen LogP contribution < -0.4 is 5.32 Å². The Hall–Kier alpha value is -2.22. The molecule has 0 radical (unpaired) electrons. The summed E-state index contributed by atoms with van der Waals surface area (Å²) in [5.74, 6) is 0.552. The molecule has 2 heterocycles. The Kier molecular flexibility index (Phi) is 5.99. The first kappa shape index (κ1) is 20.1. The van der Waals surface area contributed by atoms with Gasteiger partial charge in [0.1, 0.15) is 11.6 Å². The van der Waals surface area contributed by atoms with Crippen LogP contribution in [0.2, 0.25) is 0 Å². The van der Waals surface area contributed by atoms with Gasteiger partial charge in [0, 0.05) is 32.5 Å². The molecule has 0 saturated heterocycles. The van der Waals surface area contributed by atoms with E-state index in [9.17, 15) is 4.39 Å². The van der Waals surface area contributed by atoms with Crippen molar-refractivity contribution < 1.29 is 13.9 Å². The number of hydrogen-bond donors (Lipinski definition) is 1. The molecule has 7 heteroatoms. The zero-order valence-corrected chi connectivity index (χ0v) is 18.0. The van der Waals surface area contributed by atoms with Crippen LogP contribution in [0.15, 0.2) is 69.2 Å². The predicted molar refractivity (Wildman–Crippen MR) is 116 cm³/mol. The van der Waals surface area contributed by atoms with E-state index in [0.29, 0.717) is 13.1 Å². The van der Waals surface area contributed by atoms with E-state index < -0.39 is 0 Å². The second kappa shape index (κ2) is 8.65. The summed E-state index contributed by atoms with van der Waals surface area (Å²) in [6, 6.07) is 6.60. The van der Waals surface area contributed by atoms with Crippen molar-refractivity contribution in [1.29, 1.82) is 0 Å². The minimum absolute atomic E-state index is 0.234. The highest BCUT2D eigenvalue weighted by Gasteiger charge is 2.27. The Morgan fingerprint density at radius 3 is 2.66 bits per heavy atom. The van der Waals surface area contributed by atoms with E-state index in [1.165, 1.54) is 16.6 Å². The van der Waals surface area contributed by atoms with Gasteiger partial charge in [0.25, 0.3) is 0 Å². The molecule has 0 saturated carbocycles. The van der Waals surface area contributed by atoms with E-state index in [0.717, 1.165) is 46.8 Å². The lowest BCUT2D eigenvalue weighted by molar-refractivity contribution is -0.0976. The molecule has 0 bridgehead atoms. The maximum absolute atomic E-state index is 13.3. The standard InChI is InChI=1S/C22H23BrFN3O2/c1-28-21(29-2)11-25-22-20-10-15(14-3-6-18(24)7-4-14)12-27(20)13-16-9-17(23)5-8-19(16)26-22/h3-4,6-7,9-10,13,21,25H,5,8,11-12H2,1-2H3. The second-order valence-electron chi connectivity index (χ2n) is 7.05. The lowest BCUT2D eigenvalue weighted by atomic mass is 10.00. The van der Waals surface area contributed by atoms with Crippen LogP contribution in [-0.4, -0.2) is 44.2 Å². The van der Waals surface area contributed by atoms with Crippen molar-refractivity contribution in [3.05, 3.63) is 75.6 Å². The first-order valence-corrected chi connectivity index (χ1v) is 10.3. The SMILES string of the molecule is COC(CNC1=C2C=C(c3ccc(F)cc3)CN2C=C2C=C(Br)CCC2=N1)OC. The van der Waals surface area contributed by atoms with E-state index in [4.69, 9.17) is 14.5 Å². The normalized spacial score (nSPS) is 18.6. The van der Waals surface area contributed by atoms with E-state index in [2.05, 4.69) is 44.5 Å². The molecule has 4 rings (SSSR count). The number of fused-ring (bicyclic) bond motifs is 2. The van der Waals surface area contributed by atoms with Crippen molar-refractivity contribution in [1.82, 2.24) is 10.2 Å². The maximum atomic E-state index is 13.3. The average Bonchev–Trinajstić information content (AvgIpc) is 3.07. The molecule has 1 aromatic rings. The van der Waals surface area contributed by atoms with Crippen LogP contribution >= 0.6 is 15.9 Å². The van der Waals surface area contributed by atoms with Gasteiger partial charge >= 0.3 is 0 Å². The molecule has 152 valence electrons. The van der Waals surface area contributed by atoms with E-state index in [1.807, 2.05) is 12.1 Å². The molecule has 3 aliphatic rings. The van der Waals surface area contributed by atoms with Gasteiger partial charge in [-0.2, -0.15) is 0 Å². The Bertz CT molecular complexity index is 943. The summed E-state index contributed by atoms with van der Waals surface area (Å²) >= 11 is 3.62. The Balaban J connectivity index is 1.72. The highest BCUT2D eigenvalue weighted by atomic mass is 79.9. The Morgan fingerprint density at radius 1 is 1.17 bits per heavy atom. The first-order valence-electron chi connectivity index (χ1n) is 9.50. The van der Waals surface area contributed by atoms with E-state index in [-0.39, 0.29) is 12.1 Å². The third kappa shape index (κ3) is 4.37. The van der Waals surface area contributed by atoms with Crippen molar-refractivity contribution in [2.75, 3.05) is 27.3 Å². The van der Waals surface area contributed by atoms with E-state index >= 15 is 0 Å². The fourth-order valence-corrected chi connectivity index (χ4v) is 4.04. The van der Waals surface area contributed by atoms with Crippen LogP contribution in [0.1, 0.15) is 18.4 Å². The van der Waals surface area contributed by atoms with Crippen LogP contribution in [-0.2, 0) is 9.47 Å². The second-order valence-corrected chi connectivity index (χ2v) is 8.07. The lowest BCUT2D eigenvalue weighted by Gasteiger charge is -2.19. The van der Waals surface area contributed by atoms with Crippen molar-refractivity contribution in [3.63, 3.8) is 0 Å². The van der Waals surface area contributed by atoms with Crippen LogP contribution in [0.4, 0.5) is 4.39 Å². The van der Waals surface area contributed by atoms with Gasteiger partial charge in [0.05, 0.1) is 18.0 Å². The number of rotatable bonds is 6. The van der Waals surface area contributed by atoms with Crippen LogP contribution in [0.5, 0.6) is 0 Å². The van der Waals surface area contributed by atoms with E-state index in [1.54, 1.807) is 14.2 Å². The topological polar surface area (TPSA) is 46.1 Å². The number of nitrogens with one attached hydrogen (secondary N) is 1. The number of hydrogen-bond acceptors (Lipinski definition) is 5. The summed E-state index contributed by atoms with van der Waals surface area (Å²) in [5, 5.41) is 3.39. The number of halogens is 2. The van der Waals surface area contributed by atoms with Crippen LogP contribution in [0, 0.1) is 5.82 Å². The fourth-order valence-electron chi connectivity index (χ4n) is 3.59. The van der Waals surface area contributed by atoms with Gasteiger partial charge in [-0.1, -0.05) is 28.1 Å². The van der Waals surface area contributed by atoms with Crippen LogP contribution in [0.25, 0.3) is 5.57 Å². The summed E-state index contributed by atoms with van der Waals surface area (Å²) < 4.78 is 25.1. The quantitative estimate of drug-likeness (QED) is 0.643. The third-order valence-corrected chi connectivity index (χ3v) is 5.79. The molecule has 0 atom stereocenters. The van der Waals surface area contributed by atoms with Gasteiger partial charge < -0.3 is 19.7 Å². The molecule has 2 aliphatic heterocycles. The summed E-state index contributed by atoms with van der Waals surface area (Å²) in [6.45, 7) is 1.17. The Labute approximate surface area is 178 Å². The molecular formula is C22H23BrFN3O2. The van der Waals surface area contributed by atoms with Gasteiger partial charge in [-0.05, 0) is 52.7 Å². The molecule has 0 unspecified atom stereocenters. The molecule has 1 aromatic carbocycles. The van der Waals surface area contributed by atoms with Gasteiger partial charge in [-0.15, -0.1) is 0 Å². The lowest BCUT2D eigenvalue weighted by Crippen LogP contribution is -2.30. The summed E-state index contributed by atoms with van der Waals surface area (Å²) in [7, 11) is 3.23. The maximum Gasteiger partial charge on any atom is 0.173 e. The molecule has 0 fully saturated rings. The summed E-state index contributed by atoms with van der Waals surface area (Å²) in [5.41, 5.74) is 5.25. The van der Waals surface area contributed by atoms with Gasteiger partial charge in [0.15, 0.2) is 6.29 Å². The first-order chi connectivity index (χ1) is 14.1. The minimum Gasteiger partial charge on any atom is -0.363 e. The van der Waals surface area contributed by atoms with Crippen LogP contribution in [0.3, 0.4) is 0 Å². The number of aliphatic imine (C=N–C) groups is 1. The highest BCUT2D eigenvalue weighted by Crippen LogP contribution is 2.34. The van der Waals surface area contributed by atoms with Gasteiger partial charge in [0.2, 0.25) is 0 Å². The van der Waals surface area contributed by atoms with Crippen molar-refractivity contribution in [2.45, 2.75) is 19.1 Å². The number of methoxy groups -OCH3 is 2. The number of nitrogens with zero attached hydrogens (tertiary/aromatic N) is 2. The molecule has 29 heavy (non-hydrogen) atoms. The average molecular weight is 460 g/mol. The fraction of sp³-hybridized carbons (Fsp3) is 0.318. The largest absolute Gasteiger partial charge is 0.363 e. The molecule has 0 spiro atoms. The zero-order chi connectivity index (χ0) is 20.4. The monoisotopic (exact) mass is 459 g/mol. The molecule has 0 amide bonds. The smallest absolute Gasteiger partial charge is 0.173 e. The molecule has 1 N–H and O–H groups in total. The van der Waals surface area contributed by atoms with Crippen molar-refractivity contribution in [2.24, 2.45) is 4.99 Å². The number of benzene rings is 1. The summed E-state index contributed by atoms with van der Waals surface area (Å²) in [4.78, 5) is 7.14. The van der Waals surface area contributed by atoms with Crippen molar-refractivity contribution >= 4 is 27.2 Å². The summed E-state index contributed by atoms with van der Waals surface area (Å²) in [6.07, 6.45) is 7.83. The van der Waals surface area contributed by atoms with Crippen molar-refractivity contribution in [3.8, 4) is 0 Å². The predicted octanol–water partition coefficient (Wildman–Crippen LogP) is 4.31. The van der Waals surface area contributed by atoms with Gasteiger partial charge in [-0.25, -0.2) is 9.38 Å². The molecule has 0 aromatic heterocycles. The zero-order valence-electron chi connectivity index (χ0n) is 16.4.